The quantitative estimate of drug-likeness (QED) is 0.764. The van der Waals surface area contributed by atoms with Gasteiger partial charge in [-0.2, -0.15) is 0 Å². The zero-order valence-electron chi connectivity index (χ0n) is 17.3. The van der Waals surface area contributed by atoms with E-state index in [2.05, 4.69) is 5.32 Å². The van der Waals surface area contributed by atoms with E-state index >= 15 is 0 Å². The molecule has 0 aromatic heterocycles. The number of imide groups is 1. The zero-order valence-corrected chi connectivity index (χ0v) is 17.3. The van der Waals surface area contributed by atoms with Gasteiger partial charge in [0.05, 0.1) is 0 Å². The van der Waals surface area contributed by atoms with E-state index in [0.717, 1.165) is 39.8 Å². The number of likely N-dealkylation sites (N-methyl/N-ethyl adjacent to an activating group) is 1. The van der Waals surface area contributed by atoms with E-state index in [1.54, 1.807) is 7.05 Å². The largest absolute Gasteiger partial charge is 0.340 e. The second kappa shape index (κ2) is 7.85. The first-order chi connectivity index (χ1) is 14.0. The summed E-state index contributed by atoms with van der Waals surface area (Å²) in [5.74, 6) is -2.84. The highest BCUT2D eigenvalue weighted by Gasteiger charge is 2.51. The van der Waals surface area contributed by atoms with Gasteiger partial charge in [0, 0.05) is 19.2 Å². The molecule has 1 N–H and O–H groups in total. The Balaban J connectivity index is 1.76. The first-order valence-corrected chi connectivity index (χ1v) is 9.42. The highest BCUT2D eigenvalue weighted by atomic mass is 19.1. The molecule has 1 aliphatic rings. The lowest BCUT2D eigenvalue weighted by Gasteiger charge is -2.24. The number of carbonyl (C=O) groups excluding carboxylic acids is 3. The van der Waals surface area contributed by atoms with E-state index in [0.29, 0.717) is 6.54 Å². The molecule has 6 nitrogen and oxygen atoms in total. The van der Waals surface area contributed by atoms with Crippen LogP contribution >= 0.6 is 0 Å². The summed E-state index contributed by atoms with van der Waals surface area (Å²) in [5.41, 5.74) is 0.988. The van der Waals surface area contributed by atoms with E-state index in [1.807, 2.05) is 32.0 Å². The molecule has 1 aliphatic heterocycles. The molecule has 158 valence electrons. The fraction of sp³-hybridized carbons (Fsp3) is 0.318. The predicted molar refractivity (Wildman–Crippen MR) is 106 cm³/mol. The highest BCUT2D eigenvalue weighted by molar-refractivity contribution is 6.09. The molecule has 2 aromatic rings. The summed E-state index contributed by atoms with van der Waals surface area (Å²) in [6.07, 6.45) is 0. The Morgan fingerprint density at radius 1 is 1.13 bits per heavy atom. The lowest BCUT2D eigenvalue weighted by molar-refractivity contribution is -0.138. The van der Waals surface area contributed by atoms with Crippen LogP contribution in [0.4, 0.5) is 13.6 Å². The average molecular weight is 415 g/mol. The number of urea groups is 1. The van der Waals surface area contributed by atoms with Crippen LogP contribution in [0, 0.1) is 25.5 Å². The SMILES string of the molecule is Cc1ccc(CN(C)C(=O)CN2C(=O)NC(C)(c3cc(F)ccc3F)C2=O)c(C)c1. The maximum absolute atomic E-state index is 14.2. The van der Waals surface area contributed by atoms with Crippen molar-refractivity contribution in [2.75, 3.05) is 13.6 Å². The van der Waals surface area contributed by atoms with Crippen molar-refractivity contribution in [3.63, 3.8) is 0 Å². The van der Waals surface area contributed by atoms with Crippen molar-refractivity contribution in [2.24, 2.45) is 0 Å². The van der Waals surface area contributed by atoms with E-state index in [-0.39, 0.29) is 5.56 Å². The van der Waals surface area contributed by atoms with Crippen molar-refractivity contribution < 1.29 is 23.2 Å². The van der Waals surface area contributed by atoms with Gasteiger partial charge < -0.3 is 10.2 Å². The summed E-state index contributed by atoms with van der Waals surface area (Å²) in [6.45, 7) is 5.01. The molecule has 0 saturated carbocycles. The first kappa shape index (κ1) is 21.4. The minimum absolute atomic E-state index is 0.292. The van der Waals surface area contributed by atoms with Crippen LogP contribution in [0.2, 0.25) is 0 Å². The fourth-order valence-electron chi connectivity index (χ4n) is 3.53. The van der Waals surface area contributed by atoms with Crippen LogP contribution in [-0.2, 0) is 21.7 Å². The Hall–Kier alpha value is -3.29. The lowest BCUT2D eigenvalue weighted by Crippen LogP contribution is -2.44. The Labute approximate surface area is 173 Å². The number of nitrogens with one attached hydrogen (secondary N) is 1. The number of hydrogen-bond donors (Lipinski definition) is 1. The Morgan fingerprint density at radius 2 is 1.83 bits per heavy atom. The van der Waals surface area contributed by atoms with Crippen molar-refractivity contribution in [1.29, 1.82) is 0 Å². The monoisotopic (exact) mass is 415 g/mol. The van der Waals surface area contributed by atoms with Crippen molar-refractivity contribution in [1.82, 2.24) is 15.1 Å². The molecular formula is C22H23F2N3O3. The molecule has 30 heavy (non-hydrogen) atoms. The van der Waals surface area contributed by atoms with Gasteiger partial charge >= 0.3 is 6.03 Å². The molecule has 0 bridgehead atoms. The number of halogens is 2. The van der Waals surface area contributed by atoms with Crippen LogP contribution in [-0.4, -0.2) is 41.2 Å². The Morgan fingerprint density at radius 3 is 2.50 bits per heavy atom. The molecule has 1 unspecified atom stereocenters. The third-order valence-electron chi connectivity index (χ3n) is 5.37. The molecule has 3 rings (SSSR count). The summed E-state index contributed by atoms with van der Waals surface area (Å²) in [6, 6.07) is 7.71. The number of amides is 4. The van der Waals surface area contributed by atoms with Crippen LogP contribution in [0.5, 0.6) is 0 Å². The van der Waals surface area contributed by atoms with Gasteiger partial charge in [-0.3, -0.25) is 14.5 Å². The topological polar surface area (TPSA) is 69.7 Å². The smallest absolute Gasteiger partial charge is 0.325 e. The molecule has 1 heterocycles. The standard InChI is InChI=1S/C22H23F2N3O3/c1-13-5-6-15(14(2)9-13)11-26(4)19(28)12-27-20(29)22(3,25-21(27)30)17-10-16(23)7-8-18(17)24/h5-10H,11-12H2,1-4H3,(H,25,30). The van der Waals surface area contributed by atoms with Gasteiger partial charge in [0.1, 0.15) is 23.7 Å². The number of rotatable bonds is 5. The molecule has 1 saturated heterocycles. The van der Waals surface area contributed by atoms with Gasteiger partial charge in [0.15, 0.2) is 0 Å². The summed E-state index contributed by atoms with van der Waals surface area (Å²) in [4.78, 5) is 40.1. The van der Waals surface area contributed by atoms with E-state index in [9.17, 15) is 23.2 Å². The number of carbonyl (C=O) groups is 3. The minimum atomic E-state index is -1.80. The van der Waals surface area contributed by atoms with Crippen molar-refractivity contribution in [2.45, 2.75) is 32.9 Å². The van der Waals surface area contributed by atoms with Crippen molar-refractivity contribution >= 4 is 17.8 Å². The lowest BCUT2D eigenvalue weighted by atomic mass is 9.91. The minimum Gasteiger partial charge on any atom is -0.340 e. The summed E-state index contributed by atoms with van der Waals surface area (Å²) in [7, 11) is 1.57. The number of hydrogen-bond acceptors (Lipinski definition) is 3. The zero-order chi connectivity index (χ0) is 22.2. The summed E-state index contributed by atoms with van der Waals surface area (Å²) in [5, 5.41) is 2.38. The molecule has 0 spiro atoms. The maximum atomic E-state index is 14.2. The number of nitrogens with zero attached hydrogens (tertiary/aromatic N) is 2. The van der Waals surface area contributed by atoms with Crippen molar-refractivity contribution in [3.05, 3.63) is 70.3 Å². The predicted octanol–water partition coefficient (Wildman–Crippen LogP) is 3.01. The van der Waals surface area contributed by atoms with Gasteiger partial charge in [-0.25, -0.2) is 13.6 Å². The van der Waals surface area contributed by atoms with Gasteiger partial charge in [0.25, 0.3) is 5.91 Å². The molecule has 0 aliphatic carbocycles. The number of aryl methyl sites for hydroxylation is 2. The van der Waals surface area contributed by atoms with Crippen LogP contribution in [0.15, 0.2) is 36.4 Å². The molecule has 1 atom stereocenters. The summed E-state index contributed by atoms with van der Waals surface area (Å²) < 4.78 is 27.8. The molecule has 1 fully saturated rings. The normalized spacial score (nSPS) is 18.5. The Kier molecular flexibility index (Phi) is 5.61. The fourth-order valence-corrected chi connectivity index (χ4v) is 3.53. The third kappa shape index (κ3) is 3.90. The molecule has 2 aromatic carbocycles. The van der Waals surface area contributed by atoms with E-state index in [4.69, 9.17) is 0 Å². The van der Waals surface area contributed by atoms with Crippen LogP contribution in [0.3, 0.4) is 0 Å². The summed E-state index contributed by atoms with van der Waals surface area (Å²) >= 11 is 0. The average Bonchev–Trinajstić information content (AvgIpc) is 2.89. The van der Waals surface area contributed by atoms with E-state index in [1.165, 1.54) is 11.8 Å². The molecule has 0 radical (unpaired) electrons. The Bertz CT molecular complexity index is 1040. The third-order valence-corrected chi connectivity index (χ3v) is 5.37. The molecular weight excluding hydrogens is 392 g/mol. The van der Waals surface area contributed by atoms with Crippen molar-refractivity contribution in [3.8, 4) is 0 Å². The molecule has 4 amide bonds. The highest BCUT2D eigenvalue weighted by Crippen LogP contribution is 2.31. The van der Waals surface area contributed by atoms with Crippen LogP contribution in [0.1, 0.15) is 29.2 Å². The first-order valence-electron chi connectivity index (χ1n) is 9.42. The van der Waals surface area contributed by atoms with Gasteiger partial charge in [-0.15, -0.1) is 0 Å². The van der Waals surface area contributed by atoms with E-state index < -0.39 is 41.6 Å². The van der Waals surface area contributed by atoms with Crippen LogP contribution < -0.4 is 5.32 Å². The van der Waals surface area contributed by atoms with Gasteiger partial charge in [-0.05, 0) is 50.1 Å². The number of benzene rings is 2. The molecule has 8 heteroatoms. The van der Waals surface area contributed by atoms with Crippen LogP contribution in [0.25, 0.3) is 0 Å². The van der Waals surface area contributed by atoms with Gasteiger partial charge in [-0.1, -0.05) is 23.8 Å². The second-order valence-corrected chi connectivity index (χ2v) is 7.75. The van der Waals surface area contributed by atoms with Gasteiger partial charge in [0.2, 0.25) is 5.91 Å². The maximum Gasteiger partial charge on any atom is 0.325 e. The second-order valence-electron chi connectivity index (χ2n) is 7.75.